The molecule has 1 amide bonds. The van der Waals surface area contributed by atoms with Crippen LogP contribution in [0.1, 0.15) is 5.56 Å². The number of benzene rings is 1. The molecule has 0 aliphatic heterocycles. The SMILES string of the molecule is N#CCc1ccc(NC(=O)OCC(Cl)(Cl)Cl)cc1. The van der Waals surface area contributed by atoms with E-state index >= 15 is 0 Å². The molecule has 96 valence electrons. The summed E-state index contributed by atoms with van der Waals surface area (Å²) in [6.45, 7) is -0.337. The highest BCUT2D eigenvalue weighted by atomic mass is 35.6. The maximum atomic E-state index is 11.3. The molecule has 0 spiro atoms. The first-order valence-corrected chi connectivity index (χ1v) is 6.00. The van der Waals surface area contributed by atoms with E-state index in [1.54, 1.807) is 24.3 Å². The van der Waals surface area contributed by atoms with E-state index in [1.807, 2.05) is 6.07 Å². The van der Waals surface area contributed by atoms with Crippen molar-refractivity contribution in [1.29, 1.82) is 5.26 Å². The molecule has 0 aliphatic rings. The van der Waals surface area contributed by atoms with Crippen LogP contribution in [0.25, 0.3) is 0 Å². The van der Waals surface area contributed by atoms with Gasteiger partial charge in [0.2, 0.25) is 3.79 Å². The number of hydrogen-bond acceptors (Lipinski definition) is 3. The van der Waals surface area contributed by atoms with Gasteiger partial charge in [-0.2, -0.15) is 5.26 Å². The Morgan fingerprint density at radius 1 is 1.33 bits per heavy atom. The number of nitriles is 1. The molecule has 0 unspecified atom stereocenters. The van der Waals surface area contributed by atoms with Crippen LogP contribution in [0.3, 0.4) is 0 Å². The lowest BCUT2D eigenvalue weighted by molar-refractivity contribution is 0.164. The van der Waals surface area contributed by atoms with Crippen LogP contribution in [0, 0.1) is 11.3 Å². The number of nitrogens with one attached hydrogen (secondary N) is 1. The highest BCUT2D eigenvalue weighted by Crippen LogP contribution is 2.26. The van der Waals surface area contributed by atoms with Gasteiger partial charge in [0.1, 0.15) is 6.61 Å². The third-order valence-electron chi connectivity index (χ3n) is 1.85. The molecule has 0 atom stereocenters. The number of anilines is 1. The van der Waals surface area contributed by atoms with Gasteiger partial charge < -0.3 is 4.74 Å². The first-order valence-electron chi connectivity index (χ1n) is 4.87. The van der Waals surface area contributed by atoms with Crippen LogP contribution in [0.4, 0.5) is 10.5 Å². The van der Waals surface area contributed by atoms with Gasteiger partial charge in [0.05, 0.1) is 12.5 Å². The fourth-order valence-corrected chi connectivity index (χ4v) is 1.26. The maximum Gasteiger partial charge on any atom is 0.411 e. The molecule has 0 saturated heterocycles. The third-order valence-corrected chi connectivity index (χ3v) is 2.18. The Morgan fingerprint density at radius 3 is 2.44 bits per heavy atom. The predicted octanol–water partition coefficient (Wildman–Crippen LogP) is 3.67. The Kier molecular flexibility index (Phi) is 5.54. The summed E-state index contributed by atoms with van der Waals surface area (Å²) >= 11 is 16.3. The number of nitrogens with zero attached hydrogens (tertiary/aromatic N) is 1. The molecule has 0 fully saturated rings. The summed E-state index contributed by atoms with van der Waals surface area (Å²) < 4.78 is 3.06. The lowest BCUT2D eigenvalue weighted by Crippen LogP contribution is -2.21. The smallest absolute Gasteiger partial charge is 0.411 e. The van der Waals surface area contributed by atoms with E-state index in [0.717, 1.165) is 5.56 Å². The number of halogens is 3. The average molecular weight is 308 g/mol. The Morgan fingerprint density at radius 2 is 1.94 bits per heavy atom. The lowest BCUT2D eigenvalue weighted by atomic mass is 10.1. The van der Waals surface area contributed by atoms with Crippen molar-refractivity contribution < 1.29 is 9.53 Å². The molecule has 18 heavy (non-hydrogen) atoms. The van der Waals surface area contributed by atoms with Crippen LogP contribution in [-0.4, -0.2) is 16.5 Å². The topological polar surface area (TPSA) is 62.1 Å². The number of amides is 1. The number of ether oxygens (including phenoxy) is 1. The second-order valence-corrected chi connectivity index (χ2v) is 5.86. The number of carbonyl (C=O) groups is 1. The van der Waals surface area contributed by atoms with Gasteiger partial charge in [-0.25, -0.2) is 4.79 Å². The Balaban J connectivity index is 2.47. The highest BCUT2D eigenvalue weighted by molar-refractivity contribution is 6.67. The minimum Gasteiger partial charge on any atom is -0.445 e. The molecule has 1 rings (SSSR count). The van der Waals surface area contributed by atoms with Crippen LogP contribution in [-0.2, 0) is 11.2 Å². The summed E-state index contributed by atoms with van der Waals surface area (Å²) in [6, 6.07) is 8.80. The van der Waals surface area contributed by atoms with Gasteiger partial charge >= 0.3 is 6.09 Å². The zero-order valence-corrected chi connectivity index (χ0v) is 11.4. The summed E-state index contributed by atoms with van der Waals surface area (Å²) in [6.07, 6.45) is -0.396. The van der Waals surface area contributed by atoms with E-state index in [9.17, 15) is 4.79 Å². The van der Waals surface area contributed by atoms with Crippen LogP contribution < -0.4 is 5.32 Å². The fourth-order valence-electron chi connectivity index (χ4n) is 1.10. The highest BCUT2D eigenvalue weighted by Gasteiger charge is 2.22. The Bertz CT molecular complexity index is 449. The number of alkyl halides is 3. The van der Waals surface area contributed by atoms with Crippen LogP contribution in [0.2, 0.25) is 0 Å². The van der Waals surface area contributed by atoms with E-state index in [1.165, 1.54) is 0 Å². The molecule has 0 bridgehead atoms. The summed E-state index contributed by atoms with van der Waals surface area (Å²) in [5.74, 6) is 0. The molecule has 0 heterocycles. The minimum atomic E-state index is -1.63. The molecule has 1 aromatic carbocycles. The second-order valence-electron chi connectivity index (χ2n) is 3.35. The second kappa shape index (κ2) is 6.69. The summed E-state index contributed by atoms with van der Waals surface area (Å²) in [4.78, 5) is 11.3. The molecule has 7 heteroatoms. The Hall–Kier alpha value is -1.15. The van der Waals surface area contributed by atoms with E-state index < -0.39 is 9.89 Å². The van der Waals surface area contributed by atoms with Gasteiger partial charge in [-0.1, -0.05) is 46.9 Å². The first-order chi connectivity index (χ1) is 8.40. The van der Waals surface area contributed by atoms with Crippen LogP contribution >= 0.6 is 34.8 Å². The molecule has 0 saturated carbocycles. The summed E-state index contributed by atoms with van der Waals surface area (Å²) in [5, 5.41) is 11.0. The Labute approximate surface area is 119 Å². The largest absolute Gasteiger partial charge is 0.445 e. The van der Waals surface area contributed by atoms with Crippen LogP contribution in [0.15, 0.2) is 24.3 Å². The first kappa shape index (κ1) is 14.9. The summed E-state index contributed by atoms with van der Waals surface area (Å²) in [7, 11) is 0. The van der Waals surface area contributed by atoms with Crippen molar-refractivity contribution in [1.82, 2.24) is 0 Å². The maximum absolute atomic E-state index is 11.3. The number of rotatable bonds is 3. The van der Waals surface area contributed by atoms with E-state index in [-0.39, 0.29) is 6.61 Å². The molecule has 0 aliphatic carbocycles. The van der Waals surface area contributed by atoms with Gasteiger partial charge in [0.25, 0.3) is 0 Å². The van der Waals surface area contributed by atoms with Gasteiger partial charge in [0.15, 0.2) is 0 Å². The van der Waals surface area contributed by atoms with E-state index in [2.05, 4.69) is 10.1 Å². The quantitative estimate of drug-likeness (QED) is 0.867. The van der Waals surface area contributed by atoms with Crippen LogP contribution in [0.5, 0.6) is 0 Å². The molecule has 1 N–H and O–H groups in total. The molecule has 4 nitrogen and oxygen atoms in total. The standard InChI is InChI=1S/C11H9Cl3N2O2/c12-11(13,14)7-18-10(17)16-9-3-1-8(2-4-9)5-6-15/h1-4H,5,7H2,(H,16,17). The number of hydrogen-bond donors (Lipinski definition) is 1. The molecule has 0 radical (unpaired) electrons. The molecule has 0 aromatic heterocycles. The monoisotopic (exact) mass is 306 g/mol. The van der Waals surface area contributed by atoms with Gasteiger partial charge in [-0.15, -0.1) is 0 Å². The normalized spacial score (nSPS) is 10.6. The van der Waals surface area contributed by atoms with Crippen molar-refractivity contribution in [2.24, 2.45) is 0 Å². The van der Waals surface area contributed by atoms with Gasteiger partial charge in [-0.3, -0.25) is 5.32 Å². The van der Waals surface area contributed by atoms with Gasteiger partial charge in [-0.05, 0) is 17.7 Å². The minimum absolute atomic E-state index is 0.317. The zero-order valence-electron chi connectivity index (χ0n) is 9.12. The van der Waals surface area contributed by atoms with E-state index in [4.69, 9.17) is 40.1 Å². The number of carbonyl (C=O) groups excluding carboxylic acids is 1. The van der Waals surface area contributed by atoms with Crippen molar-refractivity contribution in [2.45, 2.75) is 10.2 Å². The molecular weight excluding hydrogens is 298 g/mol. The van der Waals surface area contributed by atoms with Crippen molar-refractivity contribution >= 4 is 46.6 Å². The zero-order chi connectivity index (χ0) is 13.6. The van der Waals surface area contributed by atoms with E-state index in [0.29, 0.717) is 12.1 Å². The van der Waals surface area contributed by atoms with Crippen molar-refractivity contribution in [3.05, 3.63) is 29.8 Å². The average Bonchev–Trinajstić information content (AvgIpc) is 2.29. The van der Waals surface area contributed by atoms with Crippen molar-refractivity contribution in [2.75, 3.05) is 11.9 Å². The predicted molar refractivity (Wildman–Crippen MR) is 71.0 cm³/mol. The van der Waals surface area contributed by atoms with Crippen molar-refractivity contribution in [3.63, 3.8) is 0 Å². The summed E-state index contributed by atoms with van der Waals surface area (Å²) in [5.41, 5.74) is 1.39. The van der Waals surface area contributed by atoms with Crippen molar-refractivity contribution in [3.8, 4) is 6.07 Å². The fraction of sp³-hybridized carbons (Fsp3) is 0.273. The molecule has 1 aromatic rings. The molecular formula is C11H9Cl3N2O2. The lowest BCUT2D eigenvalue weighted by Gasteiger charge is -2.12. The van der Waals surface area contributed by atoms with Gasteiger partial charge in [0, 0.05) is 5.69 Å². The third kappa shape index (κ3) is 5.97.